The van der Waals surface area contributed by atoms with Crippen LogP contribution in [0.1, 0.15) is 12.0 Å². The van der Waals surface area contributed by atoms with Gasteiger partial charge in [-0.05, 0) is 24.6 Å². The van der Waals surface area contributed by atoms with Gasteiger partial charge in [-0.25, -0.2) is 9.18 Å². The van der Waals surface area contributed by atoms with E-state index in [1.807, 2.05) is 13.0 Å². The molecule has 1 aromatic carbocycles. The van der Waals surface area contributed by atoms with Gasteiger partial charge in [-0.2, -0.15) is 5.26 Å². The van der Waals surface area contributed by atoms with Gasteiger partial charge in [0, 0.05) is 32.7 Å². The predicted octanol–water partition coefficient (Wildman–Crippen LogP) is 2.21. The maximum atomic E-state index is 13.8. The van der Waals surface area contributed by atoms with Crippen molar-refractivity contribution in [1.82, 2.24) is 9.80 Å². The Morgan fingerprint density at radius 1 is 1.42 bits per heavy atom. The van der Waals surface area contributed by atoms with Crippen LogP contribution in [0.5, 0.6) is 0 Å². The Morgan fingerprint density at radius 2 is 2.17 bits per heavy atom. The number of nitrogens with one attached hydrogen (secondary N) is 1. The molecule has 1 aliphatic heterocycles. The summed E-state index contributed by atoms with van der Waals surface area (Å²) in [5, 5.41) is 11.4. The average Bonchev–Trinajstić information content (AvgIpc) is 2.59. The molecule has 1 N–H and O–H groups in total. The summed E-state index contributed by atoms with van der Waals surface area (Å²) in [6.45, 7) is 6.40. The van der Waals surface area contributed by atoms with Crippen LogP contribution in [0, 0.1) is 24.1 Å². The van der Waals surface area contributed by atoms with Crippen LogP contribution in [-0.4, -0.2) is 61.8 Å². The van der Waals surface area contributed by atoms with Gasteiger partial charge in [-0.15, -0.1) is 0 Å². The Kier molecular flexibility index (Phi) is 6.97. The Bertz CT molecular complexity index is 597. The van der Waals surface area contributed by atoms with Crippen LogP contribution in [0.3, 0.4) is 0 Å². The lowest BCUT2D eigenvalue weighted by molar-refractivity contribution is 0.0352. The van der Waals surface area contributed by atoms with Crippen LogP contribution in [0.4, 0.5) is 14.9 Å². The van der Waals surface area contributed by atoms with Gasteiger partial charge in [0.25, 0.3) is 0 Å². The van der Waals surface area contributed by atoms with E-state index in [2.05, 4.69) is 10.2 Å². The standard InChI is InChI=1S/C17H23FN4O2/c1-14-3-4-15(18)16(13-14)20-17(23)22(6-2-5-19)8-7-21-9-11-24-12-10-21/h3-4,13H,2,6-12H2,1H3,(H,20,23). The number of carbonyl (C=O) groups excluding carboxylic acids is 1. The van der Waals surface area contributed by atoms with Crippen LogP contribution in [0.15, 0.2) is 18.2 Å². The quantitative estimate of drug-likeness (QED) is 0.866. The molecule has 2 rings (SSSR count). The molecule has 1 saturated heterocycles. The molecule has 6 nitrogen and oxygen atoms in total. The summed E-state index contributed by atoms with van der Waals surface area (Å²) in [7, 11) is 0. The summed E-state index contributed by atoms with van der Waals surface area (Å²) in [6, 6.07) is 6.24. The summed E-state index contributed by atoms with van der Waals surface area (Å²) in [5.74, 6) is -0.470. The van der Waals surface area contributed by atoms with E-state index in [0.29, 0.717) is 32.8 Å². The molecule has 7 heteroatoms. The minimum absolute atomic E-state index is 0.160. The highest BCUT2D eigenvalue weighted by molar-refractivity contribution is 5.89. The van der Waals surface area contributed by atoms with Crippen molar-refractivity contribution in [3.63, 3.8) is 0 Å². The maximum absolute atomic E-state index is 13.8. The number of hydrogen-bond donors (Lipinski definition) is 1. The monoisotopic (exact) mass is 334 g/mol. The van der Waals surface area contributed by atoms with Gasteiger partial charge < -0.3 is 15.0 Å². The zero-order valence-electron chi connectivity index (χ0n) is 13.9. The Hall–Kier alpha value is -2.17. The molecule has 0 bridgehead atoms. The molecule has 0 spiro atoms. The van der Waals surface area contributed by atoms with Crippen molar-refractivity contribution in [2.24, 2.45) is 0 Å². The molecule has 130 valence electrons. The van der Waals surface area contributed by atoms with Crippen LogP contribution in [0.2, 0.25) is 0 Å². The van der Waals surface area contributed by atoms with E-state index >= 15 is 0 Å². The molecule has 2 amide bonds. The lowest BCUT2D eigenvalue weighted by Gasteiger charge is -2.30. The maximum Gasteiger partial charge on any atom is 0.322 e. The molecule has 24 heavy (non-hydrogen) atoms. The van der Waals surface area contributed by atoms with Crippen LogP contribution in [-0.2, 0) is 4.74 Å². The molecule has 0 aromatic heterocycles. The highest BCUT2D eigenvalue weighted by Crippen LogP contribution is 2.16. The van der Waals surface area contributed by atoms with Gasteiger partial charge in [0.1, 0.15) is 5.82 Å². The lowest BCUT2D eigenvalue weighted by Crippen LogP contribution is -2.44. The van der Waals surface area contributed by atoms with Crippen LogP contribution >= 0.6 is 0 Å². The zero-order valence-corrected chi connectivity index (χ0v) is 13.9. The largest absolute Gasteiger partial charge is 0.379 e. The molecule has 1 aromatic rings. The van der Waals surface area contributed by atoms with Crippen molar-refractivity contribution in [3.8, 4) is 6.07 Å². The second-order valence-electron chi connectivity index (χ2n) is 5.76. The number of anilines is 1. The number of nitrogens with zero attached hydrogens (tertiary/aromatic N) is 3. The number of rotatable bonds is 6. The number of benzene rings is 1. The van der Waals surface area contributed by atoms with E-state index in [1.165, 1.54) is 6.07 Å². The fraction of sp³-hybridized carbons (Fsp3) is 0.529. The number of carbonyl (C=O) groups is 1. The fourth-order valence-electron chi connectivity index (χ4n) is 2.52. The molecule has 0 unspecified atom stereocenters. The predicted molar refractivity (Wildman–Crippen MR) is 89.2 cm³/mol. The molecule has 0 saturated carbocycles. The number of amides is 2. The lowest BCUT2D eigenvalue weighted by atomic mass is 10.2. The van der Waals surface area contributed by atoms with E-state index in [4.69, 9.17) is 10.00 Å². The number of ether oxygens (including phenoxy) is 1. The summed E-state index contributed by atoms with van der Waals surface area (Å²) >= 11 is 0. The van der Waals surface area contributed by atoms with Crippen molar-refractivity contribution < 1.29 is 13.9 Å². The highest BCUT2D eigenvalue weighted by Gasteiger charge is 2.17. The van der Waals surface area contributed by atoms with E-state index in [9.17, 15) is 9.18 Å². The molecule has 0 atom stereocenters. The van der Waals surface area contributed by atoms with Gasteiger partial charge >= 0.3 is 6.03 Å². The van der Waals surface area contributed by atoms with E-state index in [0.717, 1.165) is 18.7 Å². The minimum Gasteiger partial charge on any atom is -0.379 e. The zero-order chi connectivity index (χ0) is 17.4. The molecular formula is C17H23FN4O2. The number of nitriles is 1. The first-order chi connectivity index (χ1) is 11.6. The number of halogens is 1. The minimum atomic E-state index is -0.470. The van der Waals surface area contributed by atoms with Crippen molar-refractivity contribution in [2.45, 2.75) is 13.3 Å². The van der Waals surface area contributed by atoms with Crippen LogP contribution in [0.25, 0.3) is 0 Å². The molecule has 0 aliphatic carbocycles. The first-order valence-corrected chi connectivity index (χ1v) is 8.09. The van der Waals surface area contributed by atoms with Crippen LogP contribution < -0.4 is 5.32 Å². The smallest absolute Gasteiger partial charge is 0.322 e. The van der Waals surface area contributed by atoms with Gasteiger partial charge in [0.05, 0.1) is 31.4 Å². The highest BCUT2D eigenvalue weighted by atomic mass is 19.1. The Labute approximate surface area is 141 Å². The Balaban J connectivity index is 1.96. The second kappa shape index (κ2) is 9.21. The SMILES string of the molecule is Cc1ccc(F)c(NC(=O)N(CCC#N)CCN2CCOCC2)c1. The van der Waals surface area contributed by atoms with Crippen molar-refractivity contribution >= 4 is 11.7 Å². The fourth-order valence-corrected chi connectivity index (χ4v) is 2.52. The van der Waals surface area contributed by atoms with Gasteiger partial charge in [-0.1, -0.05) is 6.07 Å². The Morgan fingerprint density at radius 3 is 2.88 bits per heavy atom. The third-order valence-electron chi connectivity index (χ3n) is 3.93. The van der Waals surface area contributed by atoms with Gasteiger partial charge in [0.15, 0.2) is 0 Å². The first-order valence-electron chi connectivity index (χ1n) is 8.09. The van der Waals surface area contributed by atoms with Gasteiger partial charge in [0.2, 0.25) is 0 Å². The van der Waals surface area contributed by atoms with E-state index < -0.39 is 5.82 Å². The van der Waals surface area contributed by atoms with Crippen molar-refractivity contribution in [1.29, 1.82) is 5.26 Å². The summed E-state index contributed by atoms with van der Waals surface area (Å²) in [6.07, 6.45) is 0.243. The molecular weight excluding hydrogens is 311 g/mol. The first kappa shape index (κ1) is 18.2. The van der Waals surface area contributed by atoms with Crippen molar-refractivity contribution in [3.05, 3.63) is 29.6 Å². The molecule has 0 radical (unpaired) electrons. The summed E-state index contributed by atoms with van der Waals surface area (Å²) in [4.78, 5) is 16.2. The topological polar surface area (TPSA) is 68.6 Å². The third-order valence-corrected chi connectivity index (χ3v) is 3.93. The number of hydrogen-bond acceptors (Lipinski definition) is 4. The van der Waals surface area contributed by atoms with E-state index in [-0.39, 0.29) is 18.1 Å². The summed E-state index contributed by atoms with van der Waals surface area (Å²) < 4.78 is 19.1. The second-order valence-corrected chi connectivity index (χ2v) is 5.76. The molecule has 1 fully saturated rings. The number of urea groups is 1. The summed E-state index contributed by atoms with van der Waals surface area (Å²) in [5.41, 5.74) is 1.02. The third kappa shape index (κ3) is 5.48. The molecule has 1 heterocycles. The van der Waals surface area contributed by atoms with Crippen molar-refractivity contribution in [2.75, 3.05) is 51.3 Å². The van der Waals surface area contributed by atoms with Gasteiger partial charge in [-0.3, -0.25) is 4.90 Å². The molecule has 1 aliphatic rings. The van der Waals surface area contributed by atoms with E-state index in [1.54, 1.807) is 17.0 Å². The number of aryl methyl sites for hydroxylation is 1. The normalized spacial score (nSPS) is 14.9. The number of morpholine rings is 1. The average molecular weight is 334 g/mol.